The summed E-state index contributed by atoms with van der Waals surface area (Å²) < 4.78 is 13.3. The highest BCUT2D eigenvalue weighted by Gasteiger charge is 2.31. The van der Waals surface area contributed by atoms with Crippen molar-refractivity contribution in [2.45, 2.75) is 18.4 Å². The number of aliphatic hydroxyl groups is 1. The van der Waals surface area contributed by atoms with E-state index in [-0.39, 0.29) is 5.82 Å². The highest BCUT2D eigenvalue weighted by Crippen LogP contribution is 2.21. The Kier molecular flexibility index (Phi) is 2.52. The van der Waals surface area contributed by atoms with Gasteiger partial charge in [-0.3, -0.25) is 0 Å². The highest BCUT2D eigenvalue weighted by molar-refractivity contribution is 5.20. The molecule has 1 aromatic carbocycles. The number of rotatable bonds is 2. The number of hydrogen-bond donors (Lipinski definition) is 2. The molecule has 1 fully saturated rings. The van der Waals surface area contributed by atoms with Crippen LogP contribution in [0.5, 0.6) is 0 Å². The molecule has 2 N–H and O–H groups in total. The van der Waals surface area contributed by atoms with E-state index in [1.54, 1.807) is 18.2 Å². The fraction of sp³-hybridized carbons (Fsp3) is 0.455. The van der Waals surface area contributed by atoms with Crippen molar-refractivity contribution in [3.05, 3.63) is 35.6 Å². The average molecular weight is 195 g/mol. The largest absolute Gasteiger partial charge is 0.388 e. The summed E-state index contributed by atoms with van der Waals surface area (Å²) in [6.45, 7) is 1.37. The van der Waals surface area contributed by atoms with Crippen molar-refractivity contribution in [1.29, 1.82) is 0 Å². The van der Waals surface area contributed by atoms with E-state index in [0.717, 1.165) is 6.54 Å². The Balaban J connectivity index is 2.14. The highest BCUT2D eigenvalue weighted by atomic mass is 19.1. The lowest BCUT2D eigenvalue weighted by Crippen LogP contribution is -2.34. The SMILES string of the molecule is O[C@]1(Cc2ccccc2F)CCNC1. The van der Waals surface area contributed by atoms with Crippen LogP contribution in [-0.2, 0) is 6.42 Å². The third kappa shape index (κ3) is 1.94. The number of nitrogens with one attached hydrogen (secondary N) is 1. The third-order valence-electron chi connectivity index (χ3n) is 2.70. The summed E-state index contributed by atoms with van der Waals surface area (Å²) in [5.74, 6) is -0.229. The van der Waals surface area contributed by atoms with Crippen molar-refractivity contribution >= 4 is 0 Å². The molecule has 0 spiro atoms. The first-order chi connectivity index (χ1) is 6.70. The first-order valence-electron chi connectivity index (χ1n) is 4.86. The minimum atomic E-state index is -0.762. The van der Waals surface area contributed by atoms with E-state index in [1.807, 2.05) is 0 Å². The summed E-state index contributed by atoms with van der Waals surface area (Å²) in [5.41, 5.74) is -0.166. The van der Waals surface area contributed by atoms with E-state index in [2.05, 4.69) is 5.32 Å². The monoisotopic (exact) mass is 195 g/mol. The quantitative estimate of drug-likeness (QED) is 0.740. The molecule has 0 amide bonds. The Morgan fingerprint density at radius 1 is 1.43 bits per heavy atom. The lowest BCUT2D eigenvalue weighted by atomic mass is 9.93. The molecule has 3 heteroatoms. The smallest absolute Gasteiger partial charge is 0.126 e. The molecule has 2 nitrogen and oxygen atoms in total. The van der Waals surface area contributed by atoms with Crippen LogP contribution in [0.25, 0.3) is 0 Å². The summed E-state index contributed by atoms with van der Waals surface area (Å²) in [7, 11) is 0. The van der Waals surface area contributed by atoms with Crippen molar-refractivity contribution in [1.82, 2.24) is 5.32 Å². The average Bonchev–Trinajstić information content (AvgIpc) is 2.57. The molecule has 0 bridgehead atoms. The van der Waals surface area contributed by atoms with Gasteiger partial charge in [-0.15, -0.1) is 0 Å². The third-order valence-corrected chi connectivity index (χ3v) is 2.70. The predicted molar refractivity (Wildman–Crippen MR) is 52.5 cm³/mol. The second-order valence-corrected chi connectivity index (χ2v) is 3.92. The summed E-state index contributed by atoms with van der Waals surface area (Å²) in [6.07, 6.45) is 1.09. The first kappa shape index (κ1) is 9.62. The lowest BCUT2D eigenvalue weighted by molar-refractivity contribution is 0.0610. The molecule has 1 aliphatic heterocycles. The standard InChI is InChI=1S/C11H14FNO/c12-10-4-2-1-3-9(10)7-11(14)5-6-13-8-11/h1-4,13-14H,5-8H2/t11-/m0/s1. The van der Waals surface area contributed by atoms with Crippen molar-refractivity contribution < 1.29 is 9.50 Å². The number of benzene rings is 1. The number of hydrogen-bond acceptors (Lipinski definition) is 2. The number of halogens is 1. The maximum Gasteiger partial charge on any atom is 0.126 e. The van der Waals surface area contributed by atoms with Crippen LogP contribution < -0.4 is 5.32 Å². The van der Waals surface area contributed by atoms with E-state index in [1.165, 1.54) is 6.07 Å². The van der Waals surface area contributed by atoms with Gasteiger partial charge in [0.1, 0.15) is 5.82 Å². The van der Waals surface area contributed by atoms with Gasteiger partial charge >= 0.3 is 0 Å². The zero-order chi connectivity index (χ0) is 10.0. The van der Waals surface area contributed by atoms with E-state index >= 15 is 0 Å². The van der Waals surface area contributed by atoms with Gasteiger partial charge in [0, 0.05) is 13.0 Å². The first-order valence-corrected chi connectivity index (χ1v) is 4.86. The van der Waals surface area contributed by atoms with E-state index in [4.69, 9.17) is 0 Å². The fourth-order valence-electron chi connectivity index (χ4n) is 1.88. The molecule has 2 rings (SSSR count). The molecule has 0 unspecified atom stereocenters. The molecule has 1 heterocycles. The van der Waals surface area contributed by atoms with Crippen LogP contribution in [0.4, 0.5) is 4.39 Å². The summed E-state index contributed by atoms with van der Waals surface area (Å²) >= 11 is 0. The Labute approximate surface area is 82.8 Å². The molecular formula is C11H14FNO. The van der Waals surface area contributed by atoms with Crippen LogP contribution in [0.1, 0.15) is 12.0 Å². The molecule has 1 aromatic rings. The Morgan fingerprint density at radius 3 is 2.86 bits per heavy atom. The lowest BCUT2D eigenvalue weighted by Gasteiger charge is -2.21. The van der Waals surface area contributed by atoms with Gasteiger partial charge in [0.2, 0.25) is 0 Å². The second kappa shape index (κ2) is 3.67. The second-order valence-electron chi connectivity index (χ2n) is 3.92. The van der Waals surface area contributed by atoms with Crippen LogP contribution in [0.2, 0.25) is 0 Å². The molecule has 0 saturated carbocycles. The van der Waals surface area contributed by atoms with Gasteiger partial charge in [0.05, 0.1) is 5.60 Å². The van der Waals surface area contributed by atoms with Crippen LogP contribution >= 0.6 is 0 Å². The molecule has 1 atom stereocenters. The molecule has 1 aliphatic rings. The minimum absolute atomic E-state index is 0.229. The molecule has 0 aliphatic carbocycles. The van der Waals surface area contributed by atoms with Crippen LogP contribution in [0.3, 0.4) is 0 Å². The molecule has 76 valence electrons. The Bertz CT molecular complexity index is 321. The van der Waals surface area contributed by atoms with Crippen LogP contribution in [0.15, 0.2) is 24.3 Å². The maximum atomic E-state index is 13.3. The van der Waals surface area contributed by atoms with Gasteiger partial charge < -0.3 is 10.4 Å². The van der Waals surface area contributed by atoms with Gasteiger partial charge in [-0.25, -0.2) is 4.39 Å². The Morgan fingerprint density at radius 2 is 2.21 bits per heavy atom. The summed E-state index contributed by atoms with van der Waals surface area (Å²) in [6, 6.07) is 6.62. The predicted octanol–water partition coefficient (Wildman–Crippen LogP) is 1.09. The van der Waals surface area contributed by atoms with Gasteiger partial charge in [0.25, 0.3) is 0 Å². The maximum absolute atomic E-state index is 13.3. The van der Waals surface area contributed by atoms with Crippen molar-refractivity contribution in [3.63, 3.8) is 0 Å². The minimum Gasteiger partial charge on any atom is -0.388 e. The van der Waals surface area contributed by atoms with Gasteiger partial charge in [-0.05, 0) is 24.6 Å². The topological polar surface area (TPSA) is 32.3 Å². The molecular weight excluding hydrogens is 181 g/mol. The number of β-amino-alcohol motifs (C(OH)–C–C–N with tert-alkyl or cyclic N) is 1. The zero-order valence-electron chi connectivity index (χ0n) is 7.96. The summed E-state index contributed by atoms with van der Waals surface area (Å²) in [5, 5.41) is 13.1. The van der Waals surface area contributed by atoms with Crippen molar-refractivity contribution in [3.8, 4) is 0 Å². The van der Waals surface area contributed by atoms with Crippen molar-refractivity contribution in [2.24, 2.45) is 0 Å². The summed E-state index contributed by atoms with van der Waals surface area (Å²) in [4.78, 5) is 0. The van der Waals surface area contributed by atoms with Crippen LogP contribution in [0, 0.1) is 5.82 Å². The van der Waals surface area contributed by atoms with E-state index in [9.17, 15) is 9.50 Å². The molecule has 0 radical (unpaired) electrons. The molecule has 1 saturated heterocycles. The van der Waals surface area contributed by atoms with Gasteiger partial charge in [-0.2, -0.15) is 0 Å². The molecule has 0 aromatic heterocycles. The van der Waals surface area contributed by atoms with E-state index < -0.39 is 5.60 Å². The normalized spacial score (nSPS) is 26.7. The van der Waals surface area contributed by atoms with E-state index in [0.29, 0.717) is 24.9 Å². The van der Waals surface area contributed by atoms with Crippen LogP contribution in [-0.4, -0.2) is 23.8 Å². The van der Waals surface area contributed by atoms with Gasteiger partial charge in [-0.1, -0.05) is 18.2 Å². The zero-order valence-corrected chi connectivity index (χ0v) is 7.96. The molecule has 14 heavy (non-hydrogen) atoms. The Hall–Kier alpha value is -0.930. The fourth-order valence-corrected chi connectivity index (χ4v) is 1.88. The van der Waals surface area contributed by atoms with Crippen molar-refractivity contribution in [2.75, 3.05) is 13.1 Å². The van der Waals surface area contributed by atoms with Gasteiger partial charge in [0.15, 0.2) is 0 Å².